The molecule has 0 bridgehead atoms. The van der Waals surface area contributed by atoms with Crippen LogP contribution in [0.15, 0.2) is 108 Å². The fraction of sp³-hybridized carbons (Fsp3) is 0.278. The lowest BCUT2D eigenvalue weighted by molar-refractivity contribution is -0.140. The predicted molar refractivity (Wildman–Crippen MR) is 187 cm³/mol. The van der Waals surface area contributed by atoms with Crippen molar-refractivity contribution in [3.05, 3.63) is 124 Å². The molecule has 1 N–H and O–H groups in total. The first kappa shape index (κ1) is 35.8. The molecule has 0 saturated heterocycles. The smallest absolute Gasteiger partial charge is 0.264 e. The third-order valence-corrected chi connectivity index (χ3v) is 9.57. The number of rotatable bonds is 15. The summed E-state index contributed by atoms with van der Waals surface area (Å²) in [5.41, 5.74) is 1.71. The van der Waals surface area contributed by atoms with Gasteiger partial charge in [0.15, 0.2) is 0 Å². The molecule has 4 aromatic rings. The maximum atomic E-state index is 14.6. The fourth-order valence-electron chi connectivity index (χ4n) is 5.00. The van der Waals surface area contributed by atoms with Gasteiger partial charge in [-0.05, 0) is 72.5 Å². The van der Waals surface area contributed by atoms with Crippen molar-refractivity contribution in [2.45, 2.75) is 44.7 Å². The molecular weight excluding hydrogens is 657 g/mol. The van der Waals surface area contributed by atoms with Crippen molar-refractivity contribution in [2.24, 2.45) is 5.92 Å². The van der Waals surface area contributed by atoms with Crippen molar-refractivity contribution in [1.82, 2.24) is 10.2 Å². The highest BCUT2D eigenvalue weighted by Crippen LogP contribution is 2.33. The van der Waals surface area contributed by atoms with Crippen LogP contribution in [0.25, 0.3) is 0 Å². The van der Waals surface area contributed by atoms with Crippen molar-refractivity contribution in [1.29, 1.82) is 0 Å². The van der Waals surface area contributed by atoms with Crippen LogP contribution in [0.1, 0.15) is 31.9 Å². The number of carbonyl (C=O) groups excluding carboxylic acids is 2. The number of halogens is 2. The summed E-state index contributed by atoms with van der Waals surface area (Å²) in [6, 6.07) is 27.8. The molecule has 0 spiro atoms. The number of para-hydroxylation sites is 2. The van der Waals surface area contributed by atoms with Crippen LogP contribution in [-0.4, -0.2) is 50.9 Å². The summed E-state index contributed by atoms with van der Waals surface area (Å²) in [6.07, 6.45) is 0.205. The Morgan fingerprint density at radius 3 is 2.15 bits per heavy atom. The van der Waals surface area contributed by atoms with Gasteiger partial charge in [-0.3, -0.25) is 13.9 Å². The van der Waals surface area contributed by atoms with Crippen LogP contribution in [0.2, 0.25) is 10.0 Å². The minimum atomic E-state index is -4.32. The summed E-state index contributed by atoms with van der Waals surface area (Å²) in [4.78, 5) is 29.9. The van der Waals surface area contributed by atoms with E-state index in [1.54, 1.807) is 49.4 Å². The Balaban J connectivity index is 1.83. The minimum Gasteiger partial charge on any atom is -0.492 e. The number of hydrogen-bond acceptors (Lipinski definition) is 5. The first-order valence-corrected chi connectivity index (χ1v) is 17.5. The summed E-state index contributed by atoms with van der Waals surface area (Å²) in [5.74, 6) is -0.477. The van der Waals surface area contributed by atoms with Crippen LogP contribution >= 0.6 is 23.2 Å². The zero-order chi connectivity index (χ0) is 34.0. The van der Waals surface area contributed by atoms with Gasteiger partial charge < -0.3 is 15.0 Å². The van der Waals surface area contributed by atoms with Gasteiger partial charge in [0.25, 0.3) is 10.0 Å². The SMILES string of the molecule is CCOc1ccccc1N(CC(=O)N(Cc1cccc(Cl)c1)[C@@H](Cc1ccccc1)C(=O)NCC(C)C)S(=O)(=O)c1ccc(Cl)cc1. The first-order chi connectivity index (χ1) is 22.5. The van der Waals surface area contributed by atoms with Crippen molar-refractivity contribution < 1.29 is 22.7 Å². The van der Waals surface area contributed by atoms with Gasteiger partial charge in [0.2, 0.25) is 11.8 Å². The van der Waals surface area contributed by atoms with Crippen LogP contribution in [-0.2, 0) is 32.6 Å². The number of nitrogens with one attached hydrogen (secondary N) is 1. The Kier molecular flexibility index (Phi) is 12.7. The molecule has 2 amide bonds. The quantitative estimate of drug-likeness (QED) is 0.145. The molecule has 0 heterocycles. The van der Waals surface area contributed by atoms with E-state index in [9.17, 15) is 18.0 Å². The molecule has 0 fully saturated rings. The van der Waals surface area contributed by atoms with E-state index < -0.39 is 28.5 Å². The molecule has 0 saturated carbocycles. The van der Waals surface area contributed by atoms with Gasteiger partial charge in [-0.15, -0.1) is 0 Å². The van der Waals surface area contributed by atoms with Gasteiger partial charge in [-0.25, -0.2) is 8.42 Å². The number of sulfonamides is 1. The molecule has 0 aliphatic carbocycles. The Bertz CT molecular complexity index is 1750. The number of hydrogen-bond donors (Lipinski definition) is 1. The average molecular weight is 697 g/mol. The number of carbonyl (C=O) groups is 2. The molecule has 4 aromatic carbocycles. The summed E-state index contributed by atoms with van der Waals surface area (Å²) < 4.78 is 35.4. The second kappa shape index (κ2) is 16.7. The second-order valence-electron chi connectivity index (χ2n) is 11.4. The topological polar surface area (TPSA) is 96.0 Å². The zero-order valence-corrected chi connectivity index (χ0v) is 28.9. The van der Waals surface area contributed by atoms with Gasteiger partial charge in [0.05, 0.1) is 17.2 Å². The Morgan fingerprint density at radius 2 is 1.49 bits per heavy atom. The predicted octanol–water partition coefficient (Wildman–Crippen LogP) is 7.00. The van der Waals surface area contributed by atoms with Gasteiger partial charge >= 0.3 is 0 Å². The van der Waals surface area contributed by atoms with Crippen LogP contribution in [0.3, 0.4) is 0 Å². The van der Waals surface area contributed by atoms with Gasteiger partial charge in [-0.2, -0.15) is 0 Å². The number of benzene rings is 4. The number of anilines is 1. The van der Waals surface area contributed by atoms with E-state index in [1.165, 1.54) is 29.2 Å². The van der Waals surface area contributed by atoms with E-state index in [4.69, 9.17) is 27.9 Å². The lowest BCUT2D eigenvalue weighted by atomic mass is 10.0. The molecule has 1 atom stereocenters. The van der Waals surface area contributed by atoms with E-state index in [2.05, 4.69) is 5.32 Å². The average Bonchev–Trinajstić information content (AvgIpc) is 3.05. The van der Waals surface area contributed by atoms with E-state index in [0.717, 1.165) is 9.87 Å². The molecule has 11 heteroatoms. The monoisotopic (exact) mass is 695 g/mol. The molecule has 47 heavy (non-hydrogen) atoms. The van der Waals surface area contributed by atoms with Crippen LogP contribution in [0.4, 0.5) is 5.69 Å². The summed E-state index contributed by atoms with van der Waals surface area (Å²) in [6.45, 7) is 5.83. The molecule has 0 aromatic heterocycles. The van der Waals surface area contributed by atoms with Gasteiger partial charge in [-0.1, -0.05) is 91.6 Å². The van der Waals surface area contributed by atoms with Crippen LogP contribution in [0, 0.1) is 5.92 Å². The third kappa shape index (κ3) is 9.73. The lowest BCUT2D eigenvalue weighted by Gasteiger charge is -2.34. The van der Waals surface area contributed by atoms with E-state index >= 15 is 0 Å². The zero-order valence-electron chi connectivity index (χ0n) is 26.6. The molecule has 248 valence electrons. The van der Waals surface area contributed by atoms with Crippen molar-refractivity contribution in [3.8, 4) is 5.75 Å². The number of amides is 2. The summed E-state index contributed by atoms with van der Waals surface area (Å²) in [5, 5.41) is 3.82. The maximum absolute atomic E-state index is 14.6. The number of nitrogens with zero attached hydrogens (tertiary/aromatic N) is 2. The van der Waals surface area contributed by atoms with Crippen molar-refractivity contribution >= 4 is 50.7 Å². The highest BCUT2D eigenvalue weighted by Gasteiger charge is 2.35. The fourth-order valence-corrected chi connectivity index (χ4v) is 6.76. The molecular formula is C36H39Cl2N3O5S. The maximum Gasteiger partial charge on any atom is 0.264 e. The molecule has 0 aliphatic rings. The molecule has 0 unspecified atom stereocenters. The van der Waals surface area contributed by atoms with E-state index in [-0.39, 0.29) is 47.7 Å². The summed E-state index contributed by atoms with van der Waals surface area (Å²) in [7, 11) is -4.32. The Hall–Kier alpha value is -4.05. The van der Waals surface area contributed by atoms with Crippen LogP contribution in [0.5, 0.6) is 5.75 Å². The molecule has 0 radical (unpaired) electrons. The molecule has 4 rings (SSSR count). The lowest BCUT2D eigenvalue weighted by Crippen LogP contribution is -2.53. The Morgan fingerprint density at radius 1 is 0.830 bits per heavy atom. The van der Waals surface area contributed by atoms with E-state index in [0.29, 0.717) is 22.2 Å². The highest BCUT2D eigenvalue weighted by atomic mass is 35.5. The standard InChI is InChI=1S/C36H39Cl2N3O5S/c1-4-46-34-16-9-8-15-32(34)41(47(44,45)31-19-17-29(37)18-20-31)25-35(42)40(24-28-13-10-14-30(38)21-28)33(36(43)39-23-26(2)3)22-27-11-6-5-7-12-27/h5-21,26,33H,4,22-25H2,1-3H3,(H,39,43)/t33-/m0/s1. The van der Waals surface area contributed by atoms with E-state index in [1.807, 2.05) is 50.2 Å². The molecule has 8 nitrogen and oxygen atoms in total. The van der Waals surface area contributed by atoms with Gasteiger partial charge in [0, 0.05) is 29.6 Å². The second-order valence-corrected chi connectivity index (χ2v) is 14.1. The summed E-state index contributed by atoms with van der Waals surface area (Å²) >= 11 is 12.4. The van der Waals surface area contributed by atoms with Crippen molar-refractivity contribution in [3.63, 3.8) is 0 Å². The third-order valence-electron chi connectivity index (χ3n) is 7.31. The Labute approximate surface area is 287 Å². The first-order valence-electron chi connectivity index (χ1n) is 15.3. The number of ether oxygens (including phenoxy) is 1. The van der Waals surface area contributed by atoms with Gasteiger partial charge in [0.1, 0.15) is 18.3 Å². The minimum absolute atomic E-state index is 0.00787. The van der Waals surface area contributed by atoms with Crippen LogP contribution < -0.4 is 14.4 Å². The molecule has 0 aliphatic heterocycles. The highest BCUT2D eigenvalue weighted by molar-refractivity contribution is 7.92. The largest absolute Gasteiger partial charge is 0.492 e. The van der Waals surface area contributed by atoms with Crippen molar-refractivity contribution in [2.75, 3.05) is 24.0 Å². The normalized spacial score (nSPS) is 12.0.